The van der Waals surface area contributed by atoms with Crippen molar-refractivity contribution >= 4 is 39.1 Å². The molecule has 0 bridgehead atoms. The summed E-state index contributed by atoms with van der Waals surface area (Å²) in [5.41, 5.74) is 2.95. The second-order valence-corrected chi connectivity index (χ2v) is 8.45. The summed E-state index contributed by atoms with van der Waals surface area (Å²) in [5.74, 6) is -0.600. The number of nitrogens with one attached hydrogen (secondary N) is 1. The number of aryl methyl sites for hydroxylation is 1. The van der Waals surface area contributed by atoms with Crippen molar-refractivity contribution in [2.75, 3.05) is 11.9 Å². The standard InChI is InChI=1S/C24H17N3O4S/c25-12-17-15-6-3-9-21(15)32-23(17)27-22(28)13-31-24(29)16-11-19(20-8-4-10-30-20)26-18-7-2-1-5-14(16)18/h1-2,4-5,7-8,10-11H,3,6,9,13H2,(H,27,28). The van der Waals surface area contributed by atoms with Crippen LogP contribution in [-0.4, -0.2) is 23.5 Å². The molecule has 0 fully saturated rings. The minimum absolute atomic E-state index is 0.294. The van der Waals surface area contributed by atoms with Crippen LogP contribution in [0.4, 0.5) is 5.00 Å². The molecule has 0 saturated heterocycles. The maximum atomic E-state index is 12.9. The average Bonchev–Trinajstić information content (AvgIpc) is 3.55. The van der Waals surface area contributed by atoms with Gasteiger partial charge in [0.2, 0.25) is 0 Å². The van der Waals surface area contributed by atoms with Crippen LogP contribution in [0.3, 0.4) is 0 Å². The summed E-state index contributed by atoms with van der Waals surface area (Å²) in [6.45, 7) is -0.459. The molecule has 1 aliphatic carbocycles. The molecule has 5 rings (SSSR count). The molecule has 0 radical (unpaired) electrons. The lowest BCUT2D eigenvalue weighted by Gasteiger charge is -2.09. The van der Waals surface area contributed by atoms with E-state index >= 15 is 0 Å². The average molecular weight is 443 g/mol. The van der Waals surface area contributed by atoms with Crippen molar-refractivity contribution in [1.29, 1.82) is 5.26 Å². The fourth-order valence-corrected chi connectivity index (χ4v) is 5.13. The Labute approximate surface area is 187 Å². The van der Waals surface area contributed by atoms with E-state index in [2.05, 4.69) is 16.4 Å². The third-order valence-corrected chi connectivity index (χ3v) is 6.54. The summed E-state index contributed by atoms with van der Waals surface area (Å²) in [5, 5.41) is 13.3. The summed E-state index contributed by atoms with van der Waals surface area (Å²) in [6, 6.07) is 14.5. The van der Waals surface area contributed by atoms with Crippen LogP contribution in [0.5, 0.6) is 0 Å². The van der Waals surface area contributed by atoms with E-state index in [0.29, 0.717) is 38.5 Å². The first kappa shape index (κ1) is 20.0. The van der Waals surface area contributed by atoms with Gasteiger partial charge in [0, 0.05) is 10.3 Å². The van der Waals surface area contributed by atoms with Gasteiger partial charge in [0.25, 0.3) is 5.91 Å². The van der Waals surface area contributed by atoms with E-state index < -0.39 is 18.5 Å². The number of hydrogen-bond donors (Lipinski definition) is 1. The second kappa shape index (κ2) is 8.29. The number of furan rings is 1. The smallest absolute Gasteiger partial charge is 0.339 e. The predicted molar refractivity (Wildman–Crippen MR) is 119 cm³/mol. The number of amides is 1. The number of anilines is 1. The number of fused-ring (bicyclic) bond motifs is 2. The highest BCUT2D eigenvalue weighted by Crippen LogP contribution is 2.38. The number of pyridine rings is 1. The fraction of sp³-hybridized carbons (Fsp3) is 0.167. The highest BCUT2D eigenvalue weighted by molar-refractivity contribution is 7.16. The number of carbonyl (C=O) groups excluding carboxylic acids is 2. The maximum absolute atomic E-state index is 12.9. The highest BCUT2D eigenvalue weighted by atomic mass is 32.1. The van der Waals surface area contributed by atoms with Gasteiger partial charge in [-0.1, -0.05) is 18.2 Å². The van der Waals surface area contributed by atoms with Gasteiger partial charge in [-0.25, -0.2) is 9.78 Å². The van der Waals surface area contributed by atoms with Crippen molar-refractivity contribution in [2.24, 2.45) is 0 Å². The van der Waals surface area contributed by atoms with Gasteiger partial charge < -0.3 is 14.5 Å². The van der Waals surface area contributed by atoms with Gasteiger partial charge in [0.1, 0.15) is 16.8 Å². The molecule has 1 aromatic carbocycles. The van der Waals surface area contributed by atoms with Crippen molar-refractivity contribution < 1.29 is 18.7 Å². The number of carbonyl (C=O) groups is 2. The number of benzene rings is 1. The van der Waals surface area contributed by atoms with E-state index in [1.165, 1.54) is 17.6 Å². The maximum Gasteiger partial charge on any atom is 0.339 e. The number of aromatic nitrogens is 1. The minimum Gasteiger partial charge on any atom is -0.463 e. The summed E-state index contributed by atoms with van der Waals surface area (Å²) in [4.78, 5) is 31.0. The molecule has 1 aliphatic rings. The molecule has 7 nitrogen and oxygen atoms in total. The molecule has 1 amide bonds. The summed E-state index contributed by atoms with van der Waals surface area (Å²) in [7, 11) is 0. The Kier molecular flexibility index (Phi) is 5.17. The Balaban J connectivity index is 1.34. The van der Waals surface area contributed by atoms with Gasteiger partial charge in [0.15, 0.2) is 12.4 Å². The lowest BCUT2D eigenvalue weighted by Crippen LogP contribution is -2.21. The molecule has 158 valence electrons. The van der Waals surface area contributed by atoms with E-state index in [9.17, 15) is 14.9 Å². The summed E-state index contributed by atoms with van der Waals surface area (Å²) >= 11 is 1.42. The highest BCUT2D eigenvalue weighted by Gasteiger charge is 2.24. The number of hydrogen-bond acceptors (Lipinski definition) is 7. The molecule has 0 spiro atoms. The zero-order valence-corrected chi connectivity index (χ0v) is 17.7. The molecule has 0 saturated carbocycles. The van der Waals surface area contributed by atoms with Crippen molar-refractivity contribution in [3.8, 4) is 17.5 Å². The number of nitriles is 1. The lowest BCUT2D eigenvalue weighted by molar-refractivity contribution is -0.119. The SMILES string of the molecule is N#Cc1c(NC(=O)COC(=O)c2cc(-c3ccco3)nc3ccccc23)sc2c1CCC2. The number of para-hydroxylation sites is 1. The summed E-state index contributed by atoms with van der Waals surface area (Å²) < 4.78 is 10.7. The first-order valence-electron chi connectivity index (χ1n) is 10.1. The Morgan fingerprint density at radius 2 is 2.09 bits per heavy atom. The molecule has 1 N–H and O–H groups in total. The fourth-order valence-electron chi connectivity index (χ4n) is 3.88. The van der Waals surface area contributed by atoms with Gasteiger partial charge in [-0.05, 0) is 49.1 Å². The quantitative estimate of drug-likeness (QED) is 0.448. The van der Waals surface area contributed by atoms with Crippen LogP contribution in [0.15, 0.2) is 53.1 Å². The number of nitrogens with zero attached hydrogens (tertiary/aromatic N) is 2. The second-order valence-electron chi connectivity index (χ2n) is 7.35. The van der Waals surface area contributed by atoms with Crippen LogP contribution < -0.4 is 5.32 Å². The predicted octanol–water partition coefficient (Wildman–Crippen LogP) is 4.71. The monoisotopic (exact) mass is 443 g/mol. The van der Waals surface area contributed by atoms with Crippen molar-refractivity contribution in [3.63, 3.8) is 0 Å². The largest absolute Gasteiger partial charge is 0.463 e. The van der Waals surface area contributed by atoms with Crippen LogP contribution >= 0.6 is 11.3 Å². The molecular weight excluding hydrogens is 426 g/mol. The Bertz CT molecular complexity index is 1380. The van der Waals surface area contributed by atoms with E-state index in [0.717, 1.165) is 29.7 Å². The Morgan fingerprint density at radius 1 is 1.22 bits per heavy atom. The molecular formula is C24H17N3O4S. The van der Waals surface area contributed by atoms with Gasteiger partial charge in [-0.2, -0.15) is 5.26 Å². The summed E-state index contributed by atoms with van der Waals surface area (Å²) in [6.07, 6.45) is 4.34. The van der Waals surface area contributed by atoms with Crippen LogP contribution in [0.25, 0.3) is 22.4 Å². The molecule has 3 heterocycles. The zero-order valence-electron chi connectivity index (χ0n) is 16.9. The topological polar surface area (TPSA) is 105 Å². The van der Waals surface area contributed by atoms with E-state index in [1.54, 1.807) is 36.4 Å². The lowest BCUT2D eigenvalue weighted by atomic mass is 10.1. The number of thiophene rings is 1. The van der Waals surface area contributed by atoms with Crippen molar-refractivity contribution in [2.45, 2.75) is 19.3 Å². The van der Waals surface area contributed by atoms with Crippen LogP contribution in [-0.2, 0) is 22.4 Å². The first-order chi connectivity index (χ1) is 15.6. The van der Waals surface area contributed by atoms with Gasteiger partial charge in [0.05, 0.1) is 22.9 Å². The first-order valence-corrected chi connectivity index (χ1v) is 10.9. The van der Waals surface area contributed by atoms with E-state index in [4.69, 9.17) is 9.15 Å². The Morgan fingerprint density at radius 3 is 2.91 bits per heavy atom. The normalized spacial score (nSPS) is 12.3. The third-order valence-electron chi connectivity index (χ3n) is 5.33. The van der Waals surface area contributed by atoms with Crippen molar-refractivity contribution in [3.05, 3.63) is 70.3 Å². The molecule has 0 atom stereocenters. The molecule has 0 unspecified atom stereocenters. The van der Waals surface area contributed by atoms with Crippen LogP contribution in [0.1, 0.15) is 32.8 Å². The minimum atomic E-state index is -0.638. The van der Waals surface area contributed by atoms with Gasteiger partial charge >= 0.3 is 5.97 Å². The number of esters is 1. The number of ether oxygens (including phenoxy) is 1. The van der Waals surface area contributed by atoms with E-state index in [-0.39, 0.29) is 0 Å². The zero-order chi connectivity index (χ0) is 22.1. The van der Waals surface area contributed by atoms with Gasteiger partial charge in [-0.15, -0.1) is 11.3 Å². The Hall–Kier alpha value is -3.96. The molecule has 8 heteroatoms. The molecule has 0 aliphatic heterocycles. The van der Waals surface area contributed by atoms with E-state index in [1.807, 2.05) is 6.07 Å². The third kappa shape index (κ3) is 3.63. The molecule has 32 heavy (non-hydrogen) atoms. The van der Waals surface area contributed by atoms with Gasteiger partial charge in [-0.3, -0.25) is 4.79 Å². The van der Waals surface area contributed by atoms with Crippen LogP contribution in [0.2, 0.25) is 0 Å². The van der Waals surface area contributed by atoms with Crippen molar-refractivity contribution in [1.82, 2.24) is 4.98 Å². The van der Waals surface area contributed by atoms with Crippen LogP contribution in [0, 0.1) is 11.3 Å². The number of rotatable bonds is 5. The molecule has 4 aromatic rings. The molecule has 3 aromatic heterocycles.